The van der Waals surface area contributed by atoms with Gasteiger partial charge in [-0.3, -0.25) is 9.69 Å². The summed E-state index contributed by atoms with van der Waals surface area (Å²) in [4.78, 5) is 20.1. The Morgan fingerprint density at radius 3 is 2.59 bits per heavy atom. The Labute approximate surface area is 137 Å². The van der Waals surface area contributed by atoms with E-state index in [1.807, 2.05) is 6.92 Å². The quantitative estimate of drug-likeness (QED) is 0.903. The van der Waals surface area contributed by atoms with Gasteiger partial charge in [-0.25, -0.2) is 4.98 Å². The van der Waals surface area contributed by atoms with Gasteiger partial charge in [-0.1, -0.05) is 13.8 Å². The van der Waals surface area contributed by atoms with Gasteiger partial charge in [0, 0.05) is 31.1 Å². The molecule has 2 rings (SSSR count). The zero-order valence-corrected chi connectivity index (χ0v) is 15.0. The van der Waals surface area contributed by atoms with Crippen LogP contribution in [-0.2, 0) is 4.74 Å². The first kappa shape index (κ1) is 17.4. The van der Waals surface area contributed by atoms with E-state index in [-0.39, 0.29) is 11.4 Å². The summed E-state index contributed by atoms with van der Waals surface area (Å²) < 4.78 is 5.40. The standard InChI is InChI=1S/C16H27N3O2S/c1-11(2)15-18-12(3)13(22-15)14(20)17-10-16(4,5)19-6-8-21-9-7-19/h11H,6-10H2,1-5H3,(H,17,20). The van der Waals surface area contributed by atoms with E-state index in [4.69, 9.17) is 4.74 Å². The maximum absolute atomic E-state index is 12.4. The number of aromatic nitrogens is 1. The van der Waals surface area contributed by atoms with Crippen molar-refractivity contribution in [3.05, 3.63) is 15.6 Å². The first-order chi connectivity index (χ1) is 10.3. The third-order valence-corrected chi connectivity index (χ3v) is 5.52. The van der Waals surface area contributed by atoms with Gasteiger partial charge in [0.15, 0.2) is 0 Å². The highest BCUT2D eigenvalue weighted by Gasteiger charge is 2.29. The van der Waals surface area contributed by atoms with E-state index in [9.17, 15) is 4.79 Å². The van der Waals surface area contributed by atoms with Gasteiger partial charge in [-0.05, 0) is 20.8 Å². The molecular weight excluding hydrogens is 298 g/mol. The molecule has 0 aromatic carbocycles. The number of aryl methyl sites for hydroxylation is 1. The predicted octanol–water partition coefficient (Wildman–Crippen LogP) is 2.42. The van der Waals surface area contributed by atoms with E-state index in [1.165, 1.54) is 11.3 Å². The number of carbonyl (C=O) groups is 1. The van der Waals surface area contributed by atoms with Crippen LogP contribution >= 0.6 is 11.3 Å². The third kappa shape index (κ3) is 4.06. The van der Waals surface area contributed by atoms with Gasteiger partial charge >= 0.3 is 0 Å². The van der Waals surface area contributed by atoms with E-state index in [0.29, 0.717) is 12.5 Å². The lowest BCUT2D eigenvalue weighted by atomic mass is 10.0. The molecule has 22 heavy (non-hydrogen) atoms. The second kappa shape index (κ2) is 7.06. The molecule has 6 heteroatoms. The van der Waals surface area contributed by atoms with Crippen LogP contribution in [0.25, 0.3) is 0 Å². The fourth-order valence-electron chi connectivity index (χ4n) is 2.53. The van der Waals surface area contributed by atoms with Crippen molar-refractivity contribution >= 4 is 17.2 Å². The smallest absolute Gasteiger partial charge is 0.263 e. The van der Waals surface area contributed by atoms with E-state index in [1.54, 1.807) is 0 Å². The maximum Gasteiger partial charge on any atom is 0.263 e. The van der Waals surface area contributed by atoms with Crippen LogP contribution in [0.4, 0.5) is 0 Å². The van der Waals surface area contributed by atoms with Crippen LogP contribution in [0.3, 0.4) is 0 Å². The van der Waals surface area contributed by atoms with Gasteiger partial charge in [-0.15, -0.1) is 11.3 Å². The molecule has 0 saturated carbocycles. The van der Waals surface area contributed by atoms with Crippen molar-refractivity contribution in [2.24, 2.45) is 0 Å². The monoisotopic (exact) mass is 325 g/mol. The minimum Gasteiger partial charge on any atom is -0.379 e. The third-order valence-electron chi connectivity index (χ3n) is 4.06. The molecule has 0 radical (unpaired) electrons. The van der Waals surface area contributed by atoms with Crippen LogP contribution in [0.2, 0.25) is 0 Å². The number of nitrogens with one attached hydrogen (secondary N) is 1. The lowest BCUT2D eigenvalue weighted by Gasteiger charge is -2.40. The number of hydrogen-bond donors (Lipinski definition) is 1. The summed E-state index contributed by atoms with van der Waals surface area (Å²) in [6.07, 6.45) is 0. The molecule has 0 bridgehead atoms. The Bertz CT molecular complexity index is 519. The lowest BCUT2D eigenvalue weighted by molar-refractivity contribution is -0.00922. The van der Waals surface area contributed by atoms with Crippen molar-refractivity contribution in [1.29, 1.82) is 0 Å². The Morgan fingerprint density at radius 2 is 2.05 bits per heavy atom. The number of ether oxygens (including phenoxy) is 1. The lowest BCUT2D eigenvalue weighted by Crippen LogP contribution is -2.55. The minimum atomic E-state index is -0.0705. The molecule has 0 unspecified atom stereocenters. The predicted molar refractivity (Wildman–Crippen MR) is 89.7 cm³/mol. The number of carbonyl (C=O) groups excluding carboxylic acids is 1. The first-order valence-corrected chi connectivity index (χ1v) is 8.71. The van der Waals surface area contributed by atoms with Gasteiger partial charge in [0.1, 0.15) is 4.88 Å². The Morgan fingerprint density at radius 1 is 1.41 bits per heavy atom. The largest absolute Gasteiger partial charge is 0.379 e. The molecule has 1 fully saturated rings. The molecule has 1 aromatic heterocycles. The fourth-order valence-corrected chi connectivity index (χ4v) is 3.52. The normalized spacial score (nSPS) is 17.0. The molecule has 0 atom stereocenters. The molecule has 1 aliphatic rings. The number of nitrogens with zero attached hydrogens (tertiary/aromatic N) is 2. The first-order valence-electron chi connectivity index (χ1n) is 7.89. The van der Waals surface area contributed by atoms with Crippen molar-refractivity contribution < 1.29 is 9.53 Å². The summed E-state index contributed by atoms with van der Waals surface area (Å²) in [6, 6.07) is 0. The Hall–Kier alpha value is -0.980. The fraction of sp³-hybridized carbons (Fsp3) is 0.750. The Kier molecular flexibility index (Phi) is 5.58. The summed E-state index contributed by atoms with van der Waals surface area (Å²) >= 11 is 1.51. The van der Waals surface area contributed by atoms with Gasteiger partial charge < -0.3 is 10.1 Å². The van der Waals surface area contributed by atoms with E-state index >= 15 is 0 Å². The van der Waals surface area contributed by atoms with Crippen LogP contribution in [0.1, 0.15) is 54.0 Å². The number of morpholine rings is 1. The van der Waals surface area contributed by atoms with Crippen LogP contribution in [0.15, 0.2) is 0 Å². The van der Waals surface area contributed by atoms with E-state index in [2.05, 4.69) is 42.9 Å². The van der Waals surface area contributed by atoms with Crippen molar-refractivity contribution in [2.45, 2.75) is 46.1 Å². The van der Waals surface area contributed by atoms with Gasteiger partial charge in [0.05, 0.1) is 23.9 Å². The van der Waals surface area contributed by atoms with Crippen molar-refractivity contribution in [1.82, 2.24) is 15.2 Å². The summed E-state index contributed by atoms with van der Waals surface area (Å²) in [5, 5.41) is 4.10. The number of thiazole rings is 1. The molecule has 5 nitrogen and oxygen atoms in total. The van der Waals surface area contributed by atoms with Crippen molar-refractivity contribution in [3.8, 4) is 0 Å². The molecule has 2 heterocycles. The van der Waals surface area contributed by atoms with Gasteiger partial charge in [-0.2, -0.15) is 0 Å². The summed E-state index contributed by atoms with van der Waals surface area (Å²) in [6.45, 7) is 14.4. The molecule has 1 aromatic rings. The van der Waals surface area contributed by atoms with Crippen molar-refractivity contribution in [3.63, 3.8) is 0 Å². The minimum absolute atomic E-state index is 0.0109. The summed E-state index contributed by atoms with van der Waals surface area (Å²) in [5.41, 5.74) is 0.759. The summed E-state index contributed by atoms with van der Waals surface area (Å²) in [7, 11) is 0. The maximum atomic E-state index is 12.4. The van der Waals surface area contributed by atoms with Gasteiger partial charge in [0.2, 0.25) is 0 Å². The average Bonchev–Trinajstić information content (AvgIpc) is 2.88. The van der Waals surface area contributed by atoms with Crippen molar-refractivity contribution in [2.75, 3.05) is 32.8 Å². The van der Waals surface area contributed by atoms with Crippen LogP contribution in [0.5, 0.6) is 0 Å². The SMILES string of the molecule is Cc1nc(C(C)C)sc1C(=O)NCC(C)(C)N1CCOCC1. The second-order valence-corrected chi connectivity index (χ2v) is 7.75. The van der Waals surface area contributed by atoms with E-state index < -0.39 is 0 Å². The molecule has 1 N–H and O–H groups in total. The number of amides is 1. The Balaban J connectivity index is 1.97. The highest BCUT2D eigenvalue weighted by Crippen LogP contribution is 2.24. The molecule has 0 aliphatic carbocycles. The highest BCUT2D eigenvalue weighted by molar-refractivity contribution is 7.13. The topological polar surface area (TPSA) is 54.5 Å². The molecule has 1 saturated heterocycles. The second-order valence-electron chi connectivity index (χ2n) is 6.72. The molecule has 1 aliphatic heterocycles. The van der Waals surface area contributed by atoms with Crippen LogP contribution in [-0.4, -0.2) is 54.2 Å². The molecule has 124 valence electrons. The van der Waals surface area contributed by atoms with Crippen LogP contribution < -0.4 is 5.32 Å². The highest BCUT2D eigenvalue weighted by atomic mass is 32.1. The zero-order valence-electron chi connectivity index (χ0n) is 14.2. The molecule has 0 spiro atoms. The van der Waals surface area contributed by atoms with E-state index in [0.717, 1.165) is 41.9 Å². The van der Waals surface area contributed by atoms with Gasteiger partial charge in [0.25, 0.3) is 5.91 Å². The summed E-state index contributed by atoms with van der Waals surface area (Å²) in [5.74, 6) is 0.346. The zero-order chi connectivity index (χ0) is 16.3. The van der Waals surface area contributed by atoms with Crippen LogP contribution in [0, 0.1) is 6.92 Å². The molecular formula is C16H27N3O2S. The number of hydrogen-bond acceptors (Lipinski definition) is 5. The average molecular weight is 325 g/mol. The number of rotatable bonds is 5. The molecule has 1 amide bonds.